The molecular formula is C14H18N4O. The second-order valence-electron chi connectivity index (χ2n) is 4.92. The van der Waals surface area contributed by atoms with Crippen LogP contribution in [-0.2, 0) is 17.7 Å². The molecule has 0 aliphatic carbocycles. The maximum atomic E-state index is 5.86. The molecule has 0 amide bonds. The molecule has 0 saturated heterocycles. The van der Waals surface area contributed by atoms with Crippen molar-refractivity contribution in [3.8, 4) is 0 Å². The third kappa shape index (κ3) is 2.52. The van der Waals surface area contributed by atoms with E-state index in [-0.39, 0.29) is 12.1 Å². The van der Waals surface area contributed by atoms with E-state index in [2.05, 4.69) is 34.3 Å². The second-order valence-corrected chi connectivity index (χ2v) is 4.92. The molecule has 19 heavy (non-hydrogen) atoms. The van der Waals surface area contributed by atoms with E-state index in [4.69, 9.17) is 10.5 Å². The molecule has 2 aromatic rings. The Labute approximate surface area is 112 Å². The maximum absolute atomic E-state index is 5.86. The standard InChI is InChI=1S/C14H18N4O/c1-10(15)14-16-9-18(17-14)8-13-12-5-3-2-4-11(12)6-7-19-13/h2-5,9-10,13H,6-8,15H2,1H3. The Morgan fingerprint density at radius 1 is 1.47 bits per heavy atom. The van der Waals surface area contributed by atoms with Crippen molar-refractivity contribution in [2.24, 2.45) is 5.73 Å². The zero-order valence-electron chi connectivity index (χ0n) is 11.0. The molecule has 2 atom stereocenters. The van der Waals surface area contributed by atoms with Crippen molar-refractivity contribution in [1.82, 2.24) is 14.8 Å². The van der Waals surface area contributed by atoms with Crippen LogP contribution in [0.5, 0.6) is 0 Å². The predicted octanol–water partition coefficient (Wildman–Crippen LogP) is 1.61. The van der Waals surface area contributed by atoms with Gasteiger partial charge in [-0.2, -0.15) is 5.10 Å². The van der Waals surface area contributed by atoms with Crippen molar-refractivity contribution in [1.29, 1.82) is 0 Å². The summed E-state index contributed by atoms with van der Waals surface area (Å²) in [6, 6.07) is 8.28. The van der Waals surface area contributed by atoms with Crippen molar-refractivity contribution in [3.63, 3.8) is 0 Å². The van der Waals surface area contributed by atoms with Gasteiger partial charge in [0.05, 0.1) is 19.2 Å². The van der Waals surface area contributed by atoms with E-state index in [9.17, 15) is 0 Å². The first-order valence-corrected chi connectivity index (χ1v) is 6.58. The Hall–Kier alpha value is -1.72. The summed E-state index contributed by atoms with van der Waals surface area (Å²) < 4.78 is 7.67. The van der Waals surface area contributed by atoms with E-state index < -0.39 is 0 Å². The number of nitrogens with zero attached hydrogens (tertiary/aromatic N) is 3. The number of aromatic nitrogens is 3. The lowest BCUT2D eigenvalue weighted by atomic mass is 9.98. The first kappa shape index (κ1) is 12.3. The zero-order chi connectivity index (χ0) is 13.2. The summed E-state index contributed by atoms with van der Waals surface area (Å²) in [5.74, 6) is 0.670. The summed E-state index contributed by atoms with van der Waals surface area (Å²) in [6.45, 7) is 3.32. The molecule has 3 rings (SSSR count). The number of benzene rings is 1. The van der Waals surface area contributed by atoms with Gasteiger partial charge < -0.3 is 10.5 Å². The first-order valence-electron chi connectivity index (χ1n) is 6.58. The van der Waals surface area contributed by atoms with Crippen LogP contribution >= 0.6 is 0 Å². The average molecular weight is 258 g/mol. The molecule has 100 valence electrons. The number of rotatable bonds is 3. The lowest BCUT2D eigenvalue weighted by Gasteiger charge is -2.25. The summed E-state index contributed by atoms with van der Waals surface area (Å²) >= 11 is 0. The summed E-state index contributed by atoms with van der Waals surface area (Å²) in [4.78, 5) is 4.21. The Kier molecular flexibility index (Phi) is 3.31. The van der Waals surface area contributed by atoms with Crippen molar-refractivity contribution in [3.05, 3.63) is 47.5 Å². The van der Waals surface area contributed by atoms with E-state index >= 15 is 0 Å². The quantitative estimate of drug-likeness (QED) is 0.908. The number of hydrogen-bond donors (Lipinski definition) is 1. The van der Waals surface area contributed by atoms with E-state index in [1.807, 2.05) is 11.6 Å². The molecule has 0 spiro atoms. The molecule has 0 radical (unpaired) electrons. The Morgan fingerprint density at radius 2 is 2.32 bits per heavy atom. The molecule has 1 aliphatic heterocycles. The van der Waals surface area contributed by atoms with Crippen LogP contribution < -0.4 is 5.73 Å². The highest BCUT2D eigenvalue weighted by Crippen LogP contribution is 2.27. The molecule has 2 unspecified atom stereocenters. The Morgan fingerprint density at radius 3 is 3.11 bits per heavy atom. The van der Waals surface area contributed by atoms with Gasteiger partial charge in [0.1, 0.15) is 12.4 Å². The molecule has 2 N–H and O–H groups in total. The van der Waals surface area contributed by atoms with Crippen molar-refractivity contribution in [2.75, 3.05) is 6.61 Å². The van der Waals surface area contributed by atoms with Gasteiger partial charge >= 0.3 is 0 Å². The van der Waals surface area contributed by atoms with Gasteiger partial charge in [-0.3, -0.25) is 0 Å². The number of ether oxygens (including phenoxy) is 1. The summed E-state index contributed by atoms with van der Waals surface area (Å²) in [6.07, 6.45) is 2.75. The van der Waals surface area contributed by atoms with Crippen molar-refractivity contribution < 1.29 is 4.74 Å². The zero-order valence-corrected chi connectivity index (χ0v) is 11.0. The summed E-state index contributed by atoms with van der Waals surface area (Å²) in [7, 11) is 0. The fraction of sp³-hybridized carbons (Fsp3) is 0.429. The van der Waals surface area contributed by atoms with Gasteiger partial charge in [0.2, 0.25) is 0 Å². The van der Waals surface area contributed by atoms with Crippen molar-refractivity contribution in [2.45, 2.75) is 32.0 Å². The monoisotopic (exact) mass is 258 g/mol. The predicted molar refractivity (Wildman–Crippen MR) is 71.5 cm³/mol. The Bertz CT molecular complexity index is 564. The highest BCUT2D eigenvalue weighted by atomic mass is 16.5. The van der Waals surface area contributed by atoms with Gasteiger partial charge in [0, 0.05) is 0 Å². The van der Waals surface area contributed by atoms with E-state index in [1.165, 1.54) is 11.1 Å². The maximum Gasteiger partial charge on any atom is 0.166 e. The van der Waals surface area contributed by atoms with E-state index in [0.717, 1.165) is 13.0 Å². The molecule has 0 fully saturated rings. The van der Waals surface area contributed by atoms with Crippen LogP contribution in [0.15, 0.2) is 30.6 Å². The minimum atomic E-state index is -0.138. The minimum Gasteiger partial charge on any atom is -0.371 e. The molecular weight excluding hydrogens is 240 g/mol. The van der Waals surface area contributed by atoms with Gasteiger partial charge in [-0.05, 0) is 24.5 Å². The van der Waals surface area contributed by atoms with Crippen LogP contribution in [-0.4, -0.2) is 21.4 Å². The van der Waals surface area contributed by atoms with Gasteiger partial charge in [0.15, 0.2) is 5.82 Å². The molecule has 5 nitrogen and oxygen atoms in total. The van der Waals surface area contributed by atoms with Crippen molar-refractivity contribution >= 4 is 0 Å². The first-order chi connectivity index (χ1) is 9.24. The molecule has 2 heterocycles. The fourth-order valence-electron chi connectivity index (χ4n) is 2.40. The highest BCUT2D eigenvalue weighted by Gasteiger charge is 2.21. The molecule has 1 aromatic carbocycles. The number of hydrogen-bond acceptors (Lipinski definition) is 4. The summed E-state index contributed by atoms with van der Waals surface area (Å²) in [5.41, 5.74) is 8.39. The highest BCUT2D eigenvalue weighted by molar-refractivity contribution is 5.30. The van der Waals surface area contributed by atoms with E-state index in [1.54, 1.807) is 6.33 Å². The van der Waals surface area contributed by atoms with Crippen LogP contribution in [0, 0.1) is 0 Å². The van der Waals surface area contributed by atoms with Gasteiger partial charge in [-0.25, -0.2) is 9.67 Å². The van der Waals surface area contributed by atoms with Crippen LogP contribution in [0.25, 0.3) is 0 Å². The van der Waals surface area contributed by atoms with Gasteiger partial charge in [-0.15, -0.1) is 0 Å². The smallest absolute Gasteiger partial charge is 0.166 e. The molecule has 0 bridgehead atoms. The molecule has 1 aromatic heterocycles. The van der Waals surface area contributed by atoms with E-state index in [0.29, 0.717) is 12.4 Å². The second kappa shape index (κ2) is 5.11. The van der Waals surface area contributed by atoms with Crippen LogP contribution in [0.4, 0.5) is 0 Å². The fourth-order valence-corrected chi connectivity index (χ4v) is 2.40. The molecule has 1 aliphatic rings. The third-order valence-corrected chi connectivity index (χ3v) is 3.41. The molecule has 5 heteroatoms. The minimum absolute atomic E-state index is 0.0487. The third-order valence-electron chi connectivity index (χ3n) is 3.41. The normalized spacial score (nSPS) is 20.0. The SMILES string of the molecule is CC(N)c1ncn(CC2OCCc3ccccc32)n1. The molecule has 0 saturated carbocycles. The van der Waals surface area contributed by atoms with Crippen LogP contribution in [0.3, 0.4) is 0 Å². The lowest BCUT2D eigenvalue weighted by molar-refractivity contribution is 0.0281. The average Bonchev–Trinajstić information content (AvgIpc) is 2.88. The van der Waals surface area contributed by atoms with Crippen LogP contribution in [0.1, 0.15) is 36.0 Å². The summed E-state index contributed by atoms with van der Waals surface area (Å²) in [5, 5.41) is 4.38. The topological polar surface area (TPSA) is 66.0 Å². The van der Waals surface area contributed by atoms with Gasteiger partial charge in [0.25, 0.3) is 0 Å². The van der Waals surface area contributed by atoms with Gasteiger partial charge in [-0.1, -0.05) is 24.3 Å². The lowest BCUT2D eigenvalue weighted by Crippen LogP contribution is -2.21. The number of nitrogens with two attached hydrogens (primary N) is 1. The Balaban J connectivity index is 1.80. The number of fused-ring (bicyclic) bond motifs is 1. The largest absolute Gasteiger partial charge is 0.371 e. The van der Waals surface area contributed by atoms with Crippen LogP contribution in [0.2, 0.25) is 0 Å².